The smallest absolute Gasteiger partial charge is 0.275 e. The summed E-state index contributed by atoms with van der Waals surface area (Å²) < 4.78 is 7.92. The van der Waals surface area contributed by atoms with Crippen LogP contribution < -0.4 is 0 Å². The first kappa shape index (κ1) is 14.2. The molecule has 1 amide bonds. The Kier molecular flexibility index (Phi) is 4.60. The SMILES string of the molecule is O=C(c1cnsn1)N1CCC(CCc2ccccc2)CC1. The highest BCUT2D eigenvalue weighted by Crippen LogP contribution is 2.23. The Labute approximate surface area is 129 Å². The van der Waals surface area contributed by atoms with E-state index < -0.39 is 0 Å². The molecule has 0 aliphatic carbocycles. The third-order valence-corrected chi connectivity index (χ3v) is 4.64. The lowest BCUT2D eigenvalue weighted by molar-refractivity contribution is 0.0682. The Hall–Kier alpha value is -1.75. The van der Waals surface area contributed by atoms with E-state index >= 15 is 0 Å². The fourth-order valence-corrected chi connectivity index (χ4v) is 3.27. The van der Waals surface area contributed by atoms with Crippen molar-refractivity contribution in [2.45, 2.75) is 25.7 Å². The van der Waals surface area contributed by atoms with Gasteiger partial charge < -0.3 is 4.90 Å². The molecule has 0 atom stereocenters. The highest BCUT2D eigenvalue weighted by atomic mass is 32.1. The van der Waals surface area contributed by atoms with Crippen LogP contribution in [0.25, 0.3) is 0 Å². The minimum atomic E-state index is 0.0326. The van der Waals surface area contributed by atoms with Crippen LogP contribution in [0, 0.1) is 5.92 Å². The molecule has 0 unspecified atom stereocenters. The van der Waals surface area contributed by atoms with E-state index in [-0.39, 0.29) is 5.91 Å². The van der Waals surface area contributed by atoms with Gasteiger partial charge in [0.1, 0.15) is 0 Å². The average Bonchev–Trinajstić information content (AvgIpc) is 3.08. The fourth-order valence-electron chi connectivity index (χ4n) is 2.86. The molecule has 3 rings (SSSR count). The number of hydrogen-bond donors (Lipinski definition) is 0. The van der Waals surface area contributed by atoms with Gasteiger partial charge in [-0.25, -0.2) is 0 Å². The third-order valence-electron chi connectivity index (χ3n) is 4.17. The Bertz CT molecular complexity index is 562. The van der Waals surface area contributed by atoms with Gasteiger partial charge >= 0.3 is 0 Å². The average molecular weight is 301 g/mol. The number of carbonyl (C=O) groups is 1. The van der Waals surface area contributed by atoms with E-state index in [1.165, 1.54) is 12.0 Å². The maximum atomic E-state index is 12.2. The number of hydrogen-bond acceptors (Lipinski definition) is 4. The number of amides is 1. The monoisotopic (exact) mass is 301 g/mol. The lowest BCUT2D eigenvalue weighted by atomic mass is 9.90. The predicted molar refractivity (Wildman–Crippen MR) is 83.3 cm³/mol. The molecule has 2 heterocycles. The van der Waals surface area contributed by atoms with Gasteiger partial charge in [0, 0.05) is 13.1 Å². The summed E-state index contributed by atoms with van der Waals surface area (Å²) in [5, 5.41) is 0. The number of benzene rings is 1. The molecule has 1 saturated heterocycles. The molecule has 2 aromatic rings. The van der Waals surface area contributed by atoms with Crippen LogP contribution in [0.2, 0.25) is 0 Å². The van der Waals surface area contributed by atoms with Crippen molar-refractivity contribution in [3.63, 3.8) is 0 Å². The molecule has 1 aromatic heterocycles. The van der Waals surface area contributed by atoms with Crippen LogP contribution in [0.3, 0.4) is 0 Å². The highest BCUT2D eigenvalue weighted by molar-refractivity contribution is 6.99. The van der Waals surface area contributed by atoms with E-state index in [9.17, 15) is 4.79 Å². The van der Waals surface area contributed by atoms with Crippen LogP contribution in [0.15, 0.2) is 36.5 Å². The highest BCUT2D eigenvalue weighted by Gasteiger charge is 2.24. The first-order valence-corrected chi connectivity index (χ1v) is 8.17. The molecule has 1 aliphatic heterocycles. The second-order valence-electron chi connectivity index (χ2n) is 5.55. The standard InChI is InChI=1S/C16H19N3OS/c20-16(15-12-17-21-18-15)19-10-8-14(9-11-19)7-6-13-4-2-1-3-5-13/h1-5,12,14H,6-11H2. The number of piperidine rings is 1. The number of carbonyl (C=O) groups excluding carboxylic acids is 1. The number of aromatic nitrogens is 2. The van der Waals surface area contributed by atoms with Crippen molar-refractivity contribution in [1.82, 2.24) is 13.6 Å². The first-order valence-electron chi connectivity index (χ1n) is 7.43. The van der Waals surface area contributed by atoms with Crippen molar-refractivity contribution in [3.05, 3.63) is 47.8 Å². The van der Waals surface area contributed by atoms with Gasteiger partial charge in [0.2, 0.25) is 0 Å². The minimum absolute atomic E-state index is 0.0326. The topological polar surface area (TPSA) is 46.1 Å². The van der Waals surface area contributed by atoms with Crippen LogP contribution in [-0.4, -0.2) is 32.6 Å². The van der Waals surface area contributed by atoms with Crippen molar-refractivity contribution in [1.29, 1.82) is 0 Å². The zero-order chi connectivity index (χ0) is 14.5. The van der Waals surface area contributed by atoms with E-state index in [0.717, 1.165) is 50.0 Å². The fraction of sp³-hybridized carbons (Fsp3) is 0.438. The van der Waals surface area contributed by atoms with Gasteiger partial charge in [-0.3, -0.25) is 4.79 Å². The molecule has 21 heavy (non-hydrogen) atoms. The molecular weight excluding hydrogens is 282 g/mol. The molecule has 4 nitrogen and oxygen atoms in total. The molecule has 0 bridgehead atoms. The van der Waals surface area contributed by atoms with Crippen molar-refractivity contribution in [2.75, 3.05) is 13.1 Å². The van der Waals surface area contributed by atoms with Crippen LogP contribution in [0.5, 0.6) is 0 Å². The maximum absolute atomic E-state index is 12.2. The second-order valence-corrected chi connectivity index (χ2v) is 6.11. The molecule has 0 radical (unpaired) electrons. The summed E-state index contributed by atoms with van der Waals surface area (Å²) in [5.74, 6) is 0.757. The van der Waals surface area contributed by atoms with Crippen LogP contribution in [0.4, 0.5) is 0 Å². The van der Waals surface area contributed by atoms with Gasteiger partial charge in [-0.2, -0.15) is 8.75 Å². The van der Waals surface area contributed by atoms with Gasteiger partial charge in [-0.05, 0) is 37.2 Å². The minimum Gasteiger partial charge on any atom is -0.337 e. The van der Waals surface area contributed by atoms with Crippen molar-refractivity contribution >= 4 is 17.6 Å². The molecule has 0 saturated carbocycles. The van der Waals surface area contributed by atoms with Crippen LogP contribution in [-0.2, 0) is 6.42 Å². The van der Waals surface area contributed by atoms with Gasteiger partial charge in [0.25, 0.3) is 5.91 Å². The summed E-state index contributed by atoms with van der Waals surface area (Å²) >= 11 is 1.09. The Morgan fingerprint density at radius 1 is 1.24 bits per heavy atom. The normalized spacial score (nSPS) is 16.1. The summed E-state index contributed by atoms with van der Waals surface area (Å²) in [6, 6.07) is 10.6. The van der Waals surface area contributed by atoms with Gasteiger partial charge in [0.05, 0.1) is 17.9 Å². The first-order chi connectivity index (χ1) is 10.3. The second kappa shape index (κ2) is 6.80. The third kappa shape index (κ3) is 3.67. The molecule has 1 fully saturated rings. The molecule has 0 spiro atoms. The van der Waals surface area contributed by atoms with Gasteiger partial charge in [-0.1, -0.05) is 30.3 Å². The van der Waals surface area contributed by atoms with Crippen LogP contribution in [0.1, 0.15) is 35.3 Å². The Balaban J connectivity index is 1.46. The van der Waals surface area contributed by atoms with Gasteiger partial charge in [-0.15, -0.1) is 0 Å². The van der Waals surface area contributed by atoms with Crippen molar-refractivity contribution in [3.8, 4) is 0 Å². The number of rotatable bonds is 4. The predicted octanol–water partition coefficient (Wildman–Crippen LogP) is 3.02. The van der Waals surface area contributed by atoms with E-state index in [1.807, 2.05) is 4.90 Å². The lowest BCUT2D eigenvalue weighted by Crippen LogP contribution is -2.38. The summed E-state index contributed by atoms with van der Waals surface area (Å²) in [6.45, 7) is 1.69. The van der Waals surface area contributed by atoms with Gasteiger partial charge in [0.15, 0.2) is 5.69 Å². The largest absolute Gasteiger partial charge is 0.337 e. The molecule has 1 aromatic carbocycles. The Morgan fingerprint density at radius 3 is 2.67 bits per heavy atom. The summed E-state index contributed by atoms with van der Waals surface area (Å²) in [5.41, 5.74) is 1.90. The molecule has 110 valence electrons. The van der Waals surface area contributed by atoms with Crippen molar-refractivity contribution < 1.29 is 4.79 Å². The van der Waals surface area contributed by atoms with E-state index in [4.69, 9.17) is 0 Å². The summed E-state index contributed by atoms with van der Waals surface area (Å²) in [4.78, 5) is 14.1. The Morgan fingerprint density at radius 2 is 2.00 bits per heavy atom. The summed E-state index contributed by atoms with van der Waals surface area (Å²) in [6.07, 6.45) is 6.10. The molecule has 5 heteroatoms. The van der Waals surface area contributed by atoms with Crippen molar-refractivity contribution in [2.24, 2.45) is 5.92 Å². The molecular formula is C16H19N3OS. The molecule has 1 aliphatic rings. The van der Waals surface area contributed by atoms with E-state index in [1.54, 1.807) is 6.20 Å². The van der Waals surface area contributed by atoms with Crippen LogP contribution >= 0.6 is 11.7 Å². The quantitative estimate of drug-likeness (QED) is 0.872. The summed E-state index contributed by atoms with van der Waals surface area (Å²) in [7, 11) is 0. The number of aryl methyl sites for hydroxylation is 1. The zero-order valence-electron chi connectivity index (χ0n) is 11.9. The molecule has 0 N–H and O–H groups in total. The maximum Gasteiger partial charge on any atom is 0.275 e. The lowest BCUT2D eigenvalue weighted by Gasteiger charge is -2.31. The number of nitrogens with zero attached hydrogens (tertiary/aromatic N) is 3. The van der Waals surface area contributed by atoms with E-state index in [2.05, 4.69) is 39.1 Å². The number of likely N-dealkylation sites (tertiary alicyclic amines) is 1. The zero-order valence-corrected chi connectivity index (χ0v) is 12.8. The van der Waals surface area contributed by atoms with E-state index in [0.29, 0.717) is 5.69 Å².